The summed E-state index contributed by atoms with van der Waals surface area (Å²) in [6, 6.07) is 6.41. The molecule has 0 spiro atoms. The molecule has 1 saturated carbocycles. The molecule has 0 bridgehead atoms. The summed E-state index contributed by atoms with van der Waals surface area (Å²) in [4.78, 5) is 0.257. The lowest BCUT2D eigenvalue weighted by Gasteiger charge is -2.16. The van der Waals surface area contributed by atoms with Gasteiger partial charge in [0.15, 0.2) is 0 Å². The van der Waals surface area contributed by atoms with Crippen LogP contribution in [0.25, 0.3) is 0 Å². The maximum absolute atomic E-state index is 12.3. The molecule has 22 heavy (non-hydrogen) atoms. The van der Waals surface area contributed by atoms with E-state index in [1.807, 2.05) is 0 Å². The first kappa shape index (κ1) is 17.2. The summed E-state index contributed by atoms with van der Waals surface area (Å²) < 4.78 is 33.0. The van der Waals surface area contributed by atoms with E-state index in [1.165, 1.54) is 0 Å². The Bertz CT molecular complexity index is 553. The van der Waals surface area contributed by atoms with Gasteiger partial charge < -0.3 is 10.5 Å². The van der Waals surface area contributed by atoms with Gasteiger partial charge in [-0.1, -0.05) is 19.8 Å². The van der Waals surface area contributed by atoms with Gasteiger partial charge in [0.2, 0.25) is 10.0 Å². The summed E-state index contributed by atoms with van der Waals surface area (Å²) in [5, 5.41) is 0. The topological polar surface area (TPSA) is 81.4 Å². The highest BCUT2D eigenvalue weighted by atomic mass is 32.2. The van der Waals surface area contributed by atoms with Crippen molar-refractivity contribution in [3.05, 3.63) is 24.3 Å². The highest BCUT2D eigenvalue weighted by Gasteiger charge is 2.33. The number of nitrogens with two attached hydrogens (primary N) is 1. The lowest BCUT2D eigenvalue weighted by Crippen LogP contribution is -2.41. The summed E-state index contributed by atoms with van der Waals surface area (Å²) in [6.07, 6.45) is 5.40. The molecule has 1 aromatic rings. The molecule has 3 N–H and O–H groups in total. The van der Waals surface area contributed by atoms with Crippen LogP contribution in [-0.2, 0) is 10.0 Å². The highest BCUT2D eigenvalue weighted by Crippen LogP contribution is 2.33. The van der Waals surface area contributed by atoms with Gasteiger partial charge in [-0.2, -0.15) is 0 Å². The van der Waals surface area contributed by atoms with E-state index >= 15 is 0 Å². The molecule has 6 heteroatoms. The molecule has 0 aliphatic heterocycles. The van der Waals surface area contributed by atoms with E-state index in [0.29, 0.717) is 24.8 Å². The molecular formula is C16H26N2O3S. The standard InChI is InChI=1S/C16H26N2O3S/c1-2-3-4-11-21-14-7-9-15(10-8-14)22(19,20)18-16(12-17)13-5-6-13/h7-10,13,16,18H,2-6,11-12,17H2,1H3. The Kier molecular flexibility index (Phi) is 6.23. The van der Waals surface area contributed by atoms with Crippen molar-refractivity contribution < 1.29 is 13.2 Å². The van der Waals surface area contributed by atoms with Crippen LogP contribution >= 0.6 is 0 Å². The third-order valence-corrected chi connectivity index (χ3v) is 5.41. The average molecular weight is 326 g/mol. The number of nitrogens with one attached hydrogen (secondary N) is 1. The van der Waals surface area contributed by atoms with Gasteiger partial charge in [0.25, 0.3) is 0 Å². The van der Waals surface area contributed by atoms with E-state index in [4.69, 9.17) is 10.5 Å². The van der Waals surface area contributed by atoms with Gasteiger partial charge in [-0.05, 0) is 49.4 Å². The van der Waals surface area contributed by atoms with Crippen molar-refractivity contribution >= 4 is 10.0 Å². The van der Waals surface area contributed by atoms with E-state index in [-0.39, 0.29) is 10.9 Å². The molecule has 1 aliphatic carbocycles. The first-order valence-corrected chi connectivity index (χ1v) is 9.50. The molecule has 1 aromatic carbocycles. The number of sulfonamides is 1. The number of hydrogen-bond donors (Lipinski definition) is 2. The fourth-order valence-electron chi connectivity index (χ4n) is 2.36. The first-order chi connectivity index (χ1) is 10.6. The zero-order valence-electron chi connectivity index (χ0n) is 13.1. The maximum Gasteiger partial charge on any atom is 0.240 e. The van der Waals surface area contributed by atoms with Crippen molar-refractivity contribution in [2.24, 2.45) is 11.7 Å². The van der Waals surface area contributed by atoms with Crippen LogP contribution in [0.2, 0.25) is 0 Å². The van der Waals surface area contributed by atoms with E-state index in [9.17, 15) is 8.42 Å². The molecule has 124 valence electrons. The van der Waals surface area contributed by atoms with E-state index < -0.39 is 10.0 Å². The predicted molar refractivity (Wildman–Crippen MR) is 87.3 cm³/mol. The molecule has 1 atom stereocenters. The fourth-order valence-corrected chi connectivity index (χ4v) is 3.68. The zero-order chi connectivity index (χ0) is 16.0. The Balaban J connectivity index is 1.93. The molecule has 5 nitrogen and oxygen atoms in total. The van der Waals surface area contributed by atoms with Crippen LogP contribution in [0.3, 0.4) is 0 Å². The van der Waals surface area contributed by atoms with Crippen molar-refractivity contribution in [1.29, 1.82) is 0 Å². The minimum absolute atomic E-state index is 0.157. The van der Waals surface area contributed by atoms with Crippen molar-refractivity contribution in [3.63, 3.8) is 0 Å². The van der Waals surface area contributed by atoms with Crippen LogP contribution in [0.15, 0.2) is 29.2 Å². The third kappa shape index (κ3) is 4.97. The van der Waals surface area contributed by atoms with Gasteiger partial charge in [0.05, 0.1) is 11.5 Å². The summed E-state index contributed by atoms with van der Waals surface area (Å²) >= 11 is 0. The van der Waals surface area contributed by atoms with Crippen molar-refractivity contribution in [1.82, 2.24) is 4.72 Å². The highest BCUT2D eigenvalue weighted by molar-refractivity contribution is 7.89. The smallest absolute Gasteiger partial charge is 0.240 e. The molecule has 1 unspecified atom stereocenters. The van der Waals surface area contributed by atoms with Crippen molar-refractivity contribution in [2.45, 2.75) is 50.0 Å². The average Bonchev–Trinajstić information content (AvgIpc) is 3.34. The van der Waals surface area contributed by atoms with Gasteiger partial charge in [0.1, 0.15) is 5.75 Å². The fraction of sp³-hybridized carbons (Fsp3) is 0.625. The van der Waals surface area contributed by atoms with E-state index in [2.05, 4.69) is 11.6 Å². The van der Waals surface area contributed by atoms with Crippen LogP contribution in [0.5, 0.6) is 5.75 Å². The number of unbranched alkanes of at least 4 members (excludes halogenated alkanes) is 2. The Morgan fingerprint density at radius 3 is 2.50 bits per heavy atom. The summed E-state index contributed by atoms with van der Waals surface area (Å²) in [5.41, 5.74) is 5.66. The molecule has 0 heterocycles. The van der Waals surface area contributed by atoms with Gasteiger partial charge in [-0.3, -0.25) is 0 Å². The normalized spacial score (nSPS) is 16.5. The molecule has 0 saturated heterocycles. The van der Waals surface area contributed by atoms with Gasteiger partial charge in [0, 0.05) is 12.6 Å². The second-order valence-electron chi connectivity index (χ2n) is 5.83. The van der Waals surface area contributed by atoms with E-state index in [0.717, 1.165) is 32.1 Å². The maximum atomic E-state index is 12.3. The van der Waals surface area contributed by atoms with E-state index in [1.54, 1.807) is 24.3 Å². The van der Waals surface area contributed by atoms with Crippen LogP contribution in [0.1, 0.15) is 39.0 Å². The minimum Gasteiger partial charge on any atom is -0.494 e. The molecule has 1 fully saturated rings. The quantitative estimate of drug-likeness (QED) is 0.646. The predicted octanol–water partition coefficient (Wildman–Crippen LogP) is 2.27. The van der Waals surface area contributed by atoms with Gasteiger partial charge in [-0.15, -0.1) is 0 Å². The number of rotatable bonds is 10. The Morgan fingerprint density at radius 2 is 1.95 bits per heavy atom. The number of benzene rings is 1. The SMILES string of the molecule is CCCCCOc1ccc(S(=O)(=O)NC(CN)C2CC2)cc1. The molecule has 2 rings (SSSR count). The lowest BCUT2D eigenvalue weighted by molar-refractivity contribution is 0.306. The van der Waals surface area contributed by atoms with Gasteiger partial charge in [-0.25, -0.2) is 13.1 Å². The van der Waals surface area contributed by atoms with Crippen LogP contribution in [-0.4, -0.2) is 27.6 Å². The monoisotopic (exact) mass is 326 g/mol. The largest absolute Gasteiger partial charge is 0.494 e. The Hall–Kier alpha value is -1.11. The van der Waals surface area contributed by atoms with Crippen molar-refractivity contribution in [2.75, 3.05) is 13.2 Å². The van der Waals surface area contributed by atoms with Crippen LogP contribution in [0.4, 0.5) is 0 Å². The molecule has 0 radical (unpaired) electrons. The summed E-state index contributed by atoms with van der Waals surface area (Å²) in [5.74, 6) is 1.09. The van der Waals surface area contributed by atoms with Crippen LogP contribution < -0.4 is 15.2 Å². The minimum atomic E-state index is -3.51. The summed E-state index contributed by atoms with van der Waals surface area (Å²) in [7, 11) is -3.51. The van der Waals surface area contributed by atoms with Gasteiger partial charge >= 0.3 is 0 Å². The summed E-state index contributed by atoms with van der Waals surface area (Å²) in [6.45, 7) is 3.14. The molecular weight excluding hydrogens is 300 g/mol. The molecule has 0 amide bonds. The zero-order valence-corrected chi connectivity index (χ0v) is 13.9. The second kappa shape index (κ2) is 7.94. The second-order valence-corrected chi connectivity index (χ2v) is 7.54. The Morgan fingerprint density at radius 1 is 1.27 bits per heavy atom. The van der Waals surface area contributed by atoms with Crippen LogP contribution in [0, 0.1) is 5.92 Å². The number of ether oxygens (including phenoxy) is 1. The molecule has 1 aliphatic rings. The Labute approximate surface area is 133 Å². The molecule has 0 aromatic heterocycles. The first-order valence-electron chi connectivity index (χ1n) is 8.02. The lowest BCUT2D eigenvalue weighted by atomic mass is 10.2. The third-order valence-electron chi connectivity index (χ3n) is 3.90. The number of hydrogen-bond acceptors (Lipinski definition) is 4. The van der Waals surface area contributed by atoms with Crippen molar-refractivity contribution in [3.8, 4) is 5.75 Å².